The summed E-state index contributed by atoms with van der Waals surface area (Å²) >= 11 is 0. The van der Waals surface area contributed by atoms with Gasteiger partial charge in [0.05, 0.1) is 13.3 Å². The van der Waals surface area contributed by atoms with Crippen molar-refractivity contribution in [2.45, 2.75) is 19.8 Å². The van der Waals surface area contributed by atoms with E-state index in [0.29, 0.717) is 0 Å². The molecular formula is C14H23N3O. The number of pyridine rings is 1. The molecule has 1 aromatic heterocycles. The third-order valence-corrected chi connectivity index (χ3v) is 3.48. The molecule has 1 aromatic rings. The van der Waals surface area contributed by atoms with Crippen LogP contribution in [0.1, 0.15) is 19.8 Å². The van der Waals surface area contributed by atoms with Crippen LogP contribution in [0.25, 0.3) is 0 Å². The molecule has 0 aliphatic carbocycles. The maximum atomic E-state index is 5.14. The van der Waals surface area contributed by atoms with Crippen LogP contribution in [0, 0.1) is 5.92 Å². The number of methoxy groups -OCH3 is 1. The molecule has 0 spiro atoms. The summed E-state index contributed by atoms with van der Waals surface area (Å²) in [6.45, 7) is 6.54. The maximum Gasteiger partial charge on any atom is 0.137 e. The molecule has 0 saturated carbocycles. The van der Waals surface area contributed by atoms with Crippen LogP contribution in [-0.4, -0.2) is 38.3 Å². The van der Waals surface area contributed by atoms with Crippen molar-refractivity contribution in [3.8, 4) is 5.75 Å². The van der Waals surface area contributed by atoms with Crippen molar-refractivity contribution in [2.75, 3.05) is 38.2 Å². The number of anilines is 1. The minimum Gasteiger partial charge on any atom is -0.495 e. The monoisotopic (exact) mass is 249 g/mol. The average molecular weight is 249 g/mol. The van der Waals surface area contributed by atoms with Gasteiger partial charge in [0.25, 0.3) is 0 Å². The summed E-state index contributed by atoms with van der Waals surface area (Å²) in [5, 5.41) is 3.44. The highest BCUT2D eigenvalue weighted by Gasteiger charge is 2.20. The van der Waals surface area contributed by atoms with Gasteiger partial charge in [-0.05, 0) is 44.0 Å². The highest BCUT2D eigenvalue weighted by molar-refractivity contribution is 5.41. The van der Waals surface area contributed by atoms with Gasteiger partial charge in [-0.1, -0.05) is 6.92 Å². The number of hydrogen-bond acceptors (Lipinski definition) is 4. The number of hydrogen-bond donors (Lipinski definition) is 1. The van der Waals surface area contributed by atoms with E-state index >= 15 is 0 Å². The van der Waals surface area contributed by atoms with E-state index < -0.39 is 0 Å². The van der Waals surface area contributed by atoms with Gasteiger partial charge in [-0.3, -0.25) is 0 Å². The van der Waals surface area contributed by atoms with Crippen LogP contribution >= 0.6 is 0 Å². The molecule has 100 valence electrons. The minimum atomic E-state index is 0.739. The topological polar surface area (TPSA) is 37.4 Å². The van der Waals surface area contributed by atoms with Gasteiger partial charge in [0, 0.05) is 13.1 Å². The van der Waals surface area contributed by atoms with E-state index in [1.165, 1.54) is 12.8 Å². The van der Waals surface area contributed by atoms with Crippen molar-refractivity contribution < 1.29 is 4.74 Å². The zero-order chi connectivity index (χ0) is 12.8. The molecule has 2 rings (SSSR count). The molecule has 1 unspecified atom stereocenters. The van der Waals surface area contributed by atoms with Gasteiger partial charge >= 0.3 is 0 Å². The zero-order valence-electron chi connectivity index (χ0n) is 11.4. The molecule has 0 amide bonds. The lowest BCUT2D eigenvalue weighted by atomic mass is 9.98. The lowest BCUT2D eigenvalue weighted by Crippen LogP contribution is -2.40. The van der Waals surface area contributed by atoms with Crippen LogP contribution in [0.3, 0.4) is 0 Å². The van der Waals surface area contributed by atoms with E-state index in [-0.39, 0.29) is 0 Å². The van der Waals surface area contributed by atoms with Crippen LogP contribution in [0.2, 0.25) is 0 Å². The SMILES string of the molecule is CCNCC1CCCN(c2ccc(OC)cn2)C1. The Labute approximate surface area is 109 Å². The van der Waals surface area contributed by atoms with Gasteiger partial charge in [-0.2, -0.15) is 0 Å². The third-order valence-electron chi connectivity index (χ3n) is 3.48. The van der Waals surface area contributed by atoms with E-state index in [4.69, 9.17) is 4.74 Å². The summed E-state index contributed by atoms with van der Waals surface area (Å²) in [7, 11) is 1.67. The maximum absolute atomic E-state index is 5.14. The van der Waals surface area contributed by atoms with Crippen molar-refractivity contribution in [3.05, 3.63) is 18.3 Å². The molecule has 1 fully saturated rings. The lowest BCUT2D eigenvalue weighted by molar-refractivity contribution is 0.393. The molecular weight excluding hydrogens is 226 g/mol. The van der Waals surface area contributed by atoms with Crippen molar-refractivity contribution in [1.29, 1.82) is 0 Å². The molecule has 18 heavy (non-hydrogen) atoms. The summed E-state index contributed by atoms with van der Waals surface area (Å²) in [4.78, 5) is 6.85. The van der Waals surface area contributed by atoms with Gasteiger partial charge < -0.3 is 15.0 Å². The predicted molar refractivity (Wildman–Crippen MR) is 74.3 cm³/mol. The van der Waals surface area contributed by atoms with Crippen molar-refractivity contribution in [1.82, 2.24) is 10.3 Å². The van der Waals surface area contributed by atoms with E-state index in [0.717, 1.165) is 43.7 Å². The Balaban J connectivity index is 1.94. The van der Waals surface area contributed by atoms with Gasteiger partial charge in [0.15, 0.2) is 0 Å². The number of nitrogens with zero attached hydrogens (tertiary/aromatic N) is 2. The molecule has 1 saturated heterocycles. The van der Waals surface area contributed by atoms with Crippen molar-refractivity contribution in [3.63, 3.8) is 0 Å². The Hall–Kier alpha value is -1.29. The Morgan fingerprint density at radius 3 is 3.06 bits per heavy atom. The van der Waals surface area contributed by atoms with Gasteiger partial charge in [-0.15, -0.1) is 0 Å². The van der Waals surface area contributed by atoms with Crippen molar-refractivity contribution >= 4 is 5.82 Å². The van der Waals surface area contributed by atoms with E-state index in [1.807, 2.05) is 6.07 Å². The van der Waals surface area contributed by atoms with Crippen LogP contribution in [0.15, 0.2) is 18.3 Å². The predicted octanol–water partition coefficient (Wildman–Crippen LogP) is 1.92. The number of piperidine rings is 1. The van der Waals surface area contributed by atoms with E-state index in [9.17, 15) is 0 Å². The van der Waals surface area contributed by atoms with Crippen molar-refractivity contribution in [2.24, 2.45) is 5.92 Å². The normalized spacial score (nSPS) is 19.9. The second kappa shape index (κ2) is 6.59. The third kappa shape index (κ3) is 3.35. The summed E-state index contributed by atoms with van der Waals surface area (Å²) in [6, 6.07) is 4.03. The molecule has 4 heteroatoms. The zero-order valence-corrected chi connectivity index (χ0v) is 11.4. The molecule has 0 radical (unpaired) electrons. The molecule has 1 N–H and O–H groups in total. The highest BCUT2D eigenvalue weighted by Crippen LogP contribution is 2.22. The largest absolute Gasteiger partial charge is 0.495 e. The fourth-order valence-electron chi connectivity index (χ4n) is 2.47. The van der Waals surface area contributed by atoms with Gasteiger partial charge in [-0.25, -0.2) is 4.98 Å². The average Bonchev–Trinajstić information content (AvgIpc) is 2.45. The first-order valence-electron chi connectivity index (χ1n) is 6.79. The summed E-state index contributed by atoms with van der Waals surface area (Å²) in [6.07, 6.45) is 4.37. The quantitative estimate of drug-likeness (QED) is 0.865. The van der Waals surface area contributed by atoms with Gasteiger partial charge in [0.1, 0.15) is 11.6 Å². The minimum absolute atomic E-state index is 0.739. The second-order valence-electron chi connectivity index (χ2n) is 4.82. The first kappa shape index (κ1) is 13.1. The smallest absolute Gasteiger partial charge is 0.137 e. The Bertz CT molecular complexity index is 353. The molecule has 4 nitrogen and oxygen atoms in total. The second-order valence-corrected chi connectivity index (χ2v) is 4.82. The standard InChI is InChI=1S/C14H23N3O/c1-3-15-9-12-5-4-8-17(11-12)14-7-6-13(18-2)10-16-14/h6-7,10,12,15H,3-5,8-9,11H2,1-2H3. The Morgan fingerprint density at radius 1 is 1.50 bits per heavy atom. The molecule has 2 heterocycles. The highest BCUT2D eigenvalue weighted by atomic mass is 16.5. The summed E-state index contributed by atoms with van der Waals surface area (Å²) in [5.41, 5.74) is 0. The fraction of sp³-hybridized carbons (Fsp3) is 0.643. The van der Waals surface area contributed by atoms with E-state index in [2.05, 4.69) is 28.2 Å². The first-order valence-corrected chi connectivity index (χ1v) is 6.79. The Morgan fingerprint density at radius 2 is 2.39 bits per heavy atom. The molecule has 1 aliphatic heterocycles. The number of nitrogens with one attached hydrogen (secondary N) is 1. The van der Waals surface area contributed by atoms with Gasteiger partial charge in [0.2, 0.25) is 0 Å². The molecule has 0 aromatic carbocycles. The molecule has 1 aliphatic rings. The number of aromatic nitrogens is 1. The van der Waals surface area contributed by atoms with Crippen LogP contribution in [0.4, 0.5) is 5.82 Å². The lowest BCUT2D eigenvalue weighted by Gasteiger charge is -2.33. The summed E-state index contributed by atoms with van der Waals surface area (Å²) in [5.74, 6) is 2.62. The molecule has 1 atom stereocenters. The fourth-order valence-corrected chi connectivity index (χ4v) is 2.47. The first-order chi connectivity index (χ1) is 8.83. The number of ether oxygens (including phenoxy) is 1. The van der Waals surface area contributed by atoms with Crippen LogP contribution < -0.4 is 15.0 Å². The molecule has 0 bridgehead atoms. The Kier molecular flexibility index (Phi) is 4.81. The van der Waals surface area contributed by atoms with E-state index in [1.54, 1.807) is 13.3 Å². The van der Waals surface area contributed by atoms with Crippen LogP contribution in [-0.2, 0) is 0 Å². The van der Waals surface area contributed by atoms with Crippen LogP contribution in [0.5, 0.6) is 5.75 Å². The number of rotatable bonds is 5. The summed E-state index contributed by atoms with van der Waals surface area (Å²) < 4.78 is 5.14.